The minimum Gasteiger partial charge on any atom is -0.378 e. The third-order valence-corrected chi connectivity index (χ3v) is 2.95. The monoisotopic (exact) mass is 242 g/mol. The Morgan fingerprint density at radius 1 is 1.47 bits per heavy atom. The molecular formula is C12H22N2O3. The van der Waals surface area contributed by atoms with Crippen LogP contribution in [0.4, 0.5) is 0 Å². The van der Waals surface area contributed by atoms with Gasteiger partial charge in [-0.05, 0) is 19.8 Å². The summed E-state index contributed by atoms with van der Waals surface area (Å²) in [5, 5.41) is 6.22. The summed E-state index contributed by atoms with van der Waals surface area (Å²) in [5.74, 6) is 0.101. The Kier molecular flexibility index (Phi) is 4.76. The second-order valence-corrected chi connectivity index (χ2v) is 4.89. The second kappa shape index (κ2) is 6.33. The van der Waals surface area contributed by atoms with Gasteiger partial charge >= 0.3 is 0 Å². The summed E-state index contributed by atoms with van der Waals surface area (Å²) >= 11 is 0. The average molecular weight is 242 g/mol. The normalized spacial score (nSPS) is 29.0. The van der Waals surface area contributed by atoms with Crippen LogP contribution in [0, 0.1) is 0 Å². The first-order valence-corrected chi connectivity index (χ1v) is 6.47. The molecule has 2 unspecified atom stereocenters. The Balaban J connectivity index is 1.48. The van der Waals surface area contributed by atoms with Crippen LogP contribution in [0.1, 0.15) is 26.2 Å². The molecule has 1 aliphatic heterocycles. The molecule has 2 atom stereocenters. The molecule has 1 amide bonds. The van der Waals surface area contributed by atoms with Crippen molar-refractivity contribution in [1.29, 1.82) is 0 Å². The zero-order valence-electron chi connectivity index (χ0n) is 10.4. The van der Waals surface area contributed by atoms with Crippen LogP contribution in [0.3, 0.4) is 0 Å². The number of amides is 1. The summed E-state index contributed by atoms with van der Waals surface area (Å²) in [6, 6.07) is 0.439. The van der Waals surface area contributed by atoms with Gasteiger partial charge in [0.25, 0.3) is 0 Å². The molecule has 0 aromatic heterocycles. The lowest BCUT2D eigenvalue weighted by Gasteiger charge is -2.28. The van der Waals surface area contributed by atoms with Crippen molar-refractivity contribution < 1.29 is 14.3 Å². The molecule has 0 radical (unpaired) electrons. The predicted octanol–water partition coefficient (Wildman–Crippen LogP) is 0.0486. The minimum absolute atomic E-state index is 0.101. The molecule has 98 valence electrons. The van der Waals surface area contributed by atoms with Crippen molar-refractivity contribution in [2.24, 2.45) is 0 Å². The zero-order chi connectivity index (χ0) is 12.1. The van der Waals surface area contributed by atoms with Gasteiger partial charge in [0.05, 0.1) is 25.4 Å². The number of hydrogen-bond donors (Lipinski definition) is 2. The molecule has 0 aromatic rings. The molecule has 1 saturated heterocycles. The summed E-state index contributed by atoms with van der Waals surface area (Å²) in [6.45, 7) is 4.82. The van der Waals surface area contributed by atoms with Crippen molar-refractivity contribution in [2.75, 3.05) is 26.3 Å². The van der Waals surface area contributed by atoms with Gasteiger partial charge in [0, 0.05) is 25.6 Å². The van der Waals surface area contributed by atoms with Crippen LogP contribution in [-0.4, -0.2) is 50.5 Å². The molecule has 2 N–H and O–H groups in total. The van der Waals surface area contributed by atoms with Crippen LogP contribution in [-0.2, 0) is 14.3 Å². The zero-order valence-corrected chi connectivity index (χ0v) is 10.4. The Hall–Kier alpha value is -0.650. The molecule has 0 aromatic carbocycles. The van der Waals surface area contributed by atoms with E-state index < -0.39 is 0 Å². The first kappa shape index (κ1) is 12.8. The van der Waals surface area contributed by atoms with Crippen molar-refractivity contribution in [1.82, 2.24) is 10.6 Å². The van der Waals surface area contributed by atoms with Gasteiger partial charge < -0.3 is 20.1 Å². The predicted molar refractivity (Wildman–Crippen MR) is 63.8 cm³/mol. The highest BCUT2D eigenvalue weighted by atomic mass is 16.5. The molecular weight excluding hydrogens is 220 g/mol. The van der Waals surface area contributed by atoms with E-state index in [1.54, 1.807) is 0 Å². The van der Waals surface area contributed by atoms with Crippen LogP contribution in [0.5, 0.6) is 0 Å². The fraction of sp³-hybridized carbons (Fsp3) is 0.917. The number of carbonyl (C=O) groups excluding carboxylic acids is 1. The molecule has 17 heavy (non-hydrogen) atoms. The van der Waals surface area contributed by atoms with E-state index in [2.05, 4.69) is 10.6 Å². The molecule has 2 rings (SSSR count). The summed E-state index contributed by atoms with van der Waals surface area (Å²) in [6.07, 6.45) is 3.07. The van der Waals surface area contributed by atoms with Crippen molar-refractivity contribution in [2.45, 2.75) is 44.4 Å². The molecule has 2 aliphatic rings. The Bertz CT molecular complexity index is 256. The topological polar surface area (TPSA) is 59.6 Å². The van der Waals surface area contributed by atoms with Gasteiger partial charge in [-0.2, -0.15) is 0 Å². The highest BCUT2D eigenvalue weighted by molar-refractivity contribution is 5.76. The Morgan fingerprint density at radius 3 is 3.00 bits per heavy atom. The molecule has 5 heteroatoms. The van der Waals surface area contributed by atoms with Crippen LogP contribution in [0.15, 0.2) is 0 Å². The van der Waals surface area contributed by atoms with Crippen molar-refractivity contribution >= 4 is 5.91 Å². The lowest BCUT2D eigenvalue weighted by molar-refractivity contribution is -0.123. The second-order valence-electron chi connectivity index (χ2n) is 4.89. The molecule has 1 aliphatic carbocycles. The maximum absolute atomic E-state index is 11.4. The Labute approximate surface area is 102 Å². The Morgan fingerprint density at radius 2 is 2.29 bits per heavy atom. The van der Waals surface area contributed by atoms with Gasteiger partial charge in [-0.15, -0.1) is 0 Å². The van der Waals surface area contributed by atoms with Gasteiger partial charge in [0.15, 0.2) is 0 Å². The van der Waals surface area contributed by atoms with E-state index in [0.29, 0.717) is 25.7 Å². The van der Waals surface area contributed by atoms with Crippen molar-refractivity contribution in [3.63, 3.8) is 0 Å². The van der Waals surface area contributed by atoms with Crippen LogP contribution < -0.4 is 10.6 Å². The summed E-state index contributed by atoms with van der Waals surface area (Å²) < 4.78 is 11.1. The number of carbonyl (C=O) groups is 1. The maximum atomic E-state index is 11.4. The van der Waals surface area contributed by atoms with Gasteiger partial charge in [-0.25, -0.2) is 0 Å². The van der Waals surface area contributed by atoms with Crippen molar-refractivity contribution in [3.8, 4) is 0 Å². The fourth-order valence-electron chi connectivity index (χ4n) is 1.88. The van der Waals surface area contributed by atoms with E-state index in [1.165, 1.54) is 0 Å². The highest BCUT2D eigenvalue weighted by Crippen LogP contribution is 2.18. The molecule has 0 bridgehead atoms. The SMILES string of the molecule is CC1CNCC(COCCC(=O)NC2CC2)O1. The third kappa shape index (κ3) is 5.02. The largest absolute Gasteiger partial charge is 0.378 e. The molecule has 1 saturated carbocycles. The van der Waals surface area contributed by atoms with Gasteiger partial charge in [0.2, 0.25) is 5.91 Å². The standard InChI is InChI=1S/C12H22N2O3/c1-9-6-13-7-11(17-9)8-16-5-4-12(15)14-10-2-3-10/h9-11,13H,2-8H2,1H3,(H,14,15). The molecule has 5 nitrogen and oxygen atoms in total. The van der Waals surface area contributed by atoms with Crippen LogP contribution in [0.25, 0.3) is 0 Å². The van der Waals surface area contributed by atoms with Gasteiger partial charge in [-0.1, -0.05) is 0 Å². The first-order valence-electron chi connectivity index (χ1n) is 6.47. The lowest BCUT2D eigenvalue weighted by atomic mass is 10.2. The summed E-state index contributed by atoms with van der Waals surface area (Å²) in [5.41, 5.74) is 0. The van der Waals surface area contributed by atoms with Crippen LogP contribution in [0.2, 0.25) is 0 Å². The number of hydrogen-bond acceptors (Lipinski definition) is 4. The summed E-state index contributed by atoms with van der Waals surface area (Å²) in [7, 11) is 0. The summed E-state index contributed by atoms with van der Waals surface area (Å²) in [4.78, 5) is 11.4. The smallest absolute Gasteiger partial charge is 0.222 e. The maximum Gasteiger partial charge on any atom is 0.222 e. The van der Waals surface area contributed by atoms with Gasteiger partial charge in [0.1, 0.15) is 0 Å². The third-order valence-electron chi connectivity index (χ3n) is 2.95. The quantitative estimate of drug-likeness (QED) is 0.646. The minimum atomic E-state index is 0.101. The van der Waals surface area contributed by atoms with E-state index in [1.807, 2.05) is 6.92 Å². The van der Waals surface area contributed by atoms with Crippen LogP contribution >= 0.6 is 0 Å². The van der Waals surface area contributed by atoms with E-state index >= 15 is 0 Å². The van der Waals surface area contributed by atoms with E-state index in [9.17, 15) is 4.79 Å². The van der Waals surface area contributed by atoms with E-state index in [0.717, 1.165) is 25.9 Å². The number of morpholine rings is 1. The lowest BCUT2D eigenvalue weighted by Crippen LogP contribution is -2.45. The van der Waals surface area contributed by atoms with E-state index in [-0.39, 0.29) is 18.1 Å². The van der Waals surface area contributed by atoms with Gasteiger partial charge in [-0.3, -0.25) is 4.79 Å². The molecule has 1 heterocycles. The number of rotatable bonds is 6. The first-order chi connectivity index (χ1) is 8.24. The molecule has 2 fully saturated rings. The number of ether oxygens (including phenoxy) is 2. The fourth-order valence-corrected chi connectivity index (χ4v) is 1.88. The number of nitrogens with one attached hydrogen (secondary N) is 2. The average Bonchev–Trinajstić information content (AvgIpc) is 3.08. The van der Waals surface area contributed by atoms with Crippen molar-refractivity contribution in [3.05, 3.63) is 0 Å². The molecule has 0 spiro atoms. The highest BCUT2D eigenvalue weighted by Gasteiger charge is 2.23. The van der Waals surface area contributed by atoms with E-state index in [4.69, 9.17) is 9.47 Å².